The van der Waals surface area contributed by atoms with Gasteiger partial charge in [0, 0.05) is 30.2 Å². The molecule has 0 spiro atoms. The molecule has 1 fully saturated rings. The molecule has 2 aromatic heterocycles. The number of rotatable bonds is 7. The third-order valence-electron chi connectivity index (χ3n) is 6.80. The normalized spacial score (nSPS) is 17.1. The first-order valence-electron chi connectivity index (χ1n) is 11.9. The number of thiocarbonyl (C=S) groups is 1. The number of methoxy groups -OCH3 is 1. The monoisotopic (exact) mass is 513 g/mol. The molecule has 2 atom stereocenters. The van der Waals surface area contributed by atoms with Gasteiger partial charge >= 0.3 is 0 Å². The predicted molar refractivity (Wildman–Crippen MR) is 146 cm³/mol. The Morgan fingerprint density at radius 3 is 2.51 bits per heavy atom. The average molecular weight is 514 g/mol. The van der Waals surface area contributed by atoms with Crippen molar-refractivity contribution in [2.75, 3.05) is 7.11 Å². The zero-order chi connectivity index (χ0) is 26.1. The lowest BCUT2D eigenvalue weighted by molar-refractivity contribution is -0.384. The number of aromatic nitrogens is 2. The van der Waals surface area contributed by atoms with Crippen molar-refractivity contribution in [1.29, 1.82) is 0 Å². The van der Waals surface area contributed by atoms with E-state index in [1.165, 1.54) is 19.2 Å². The van der Waals surface area contributed by atoms with Crippen molar-refractivity contribution < 1.29 is 9.66 Å². The number of aryl methyl sites for hydroxylation is 1. The Morgan fingerprint density at radius 2 is 1.84 bits per heavy atom. The zero-order valence-electron chi connectivity index (χ0n) is 20.8. The smallest absolute Gasteiger partial charge is 0.273 e. The molecule has 0 bridgehead atoms. The molecule has 37 heavy (non-hydrogen) atoms. The Morgan fingerprint density at radius 1 is 1.08 bits per heavy atom. The molecule has 1 N–H and O–H groups in total. The Balaban J connectivity index is 1.63. The van der Waals surface area contributed by atoms with Gasteiger partial charge in [-0.15, -0.1) is 0 Å². The molecule has 0 aliphatic carbocycles. The van der Waals surface area contributed by atoms with E-state index >= 15 is 0 Å². The summed E-state index contributed by atoms with van der Waals surface area (Å²) in [6.45, 7) is 4.72. The van der Waals surface area contributed by atoms with Gasteiger partial charge in [-0.3, -0.25) is 15.1 Å². The lowest BCUT2D eigenvalue weighted by Gasteiger charge is -2.28. The molecule has 1 aliphatic heterocycles. The molecule has 1 aliphatic rings. The first kappa shape index (κ1) is 24.5. The summed E-state index contributed by atoms with van der Waals surface area (Å²) < 4.78 is 7.64. The van der Waals surface area contributed by atoms with Gasteiger partial charge in [0.1, 0.15) is 5.75 Å². The molecular formula is C28H27N5O3S. The van der Waals surface area contributed by atoms with Gasteiger partial charge in [0.2, 0.25) is 0 Å². The Bertz CT molecular complexity index is 1460. The minimum Gasteiger partial charge on any atom is -0.494 e. The predicted octanol–water partition coefficient (Wildman–Crippen LogP) is 5.58. The summed E-state index contributed by atoms with van der Waals surface area (Å²) in [5.74, 6) is 0.435. The van der Waals surface area contributed by atoms with Crippen LogP contribution in [0.2, 0.25) is 0 Å². The fraction of sp³-hybridized carbons (Fsp3) is 0.214. The van der Waals surface area contributed by atoms with E-state index in [9.17, 15) is 10.1 Å². The fourth-order valence-corrected chi connectivity index (χ4v) is 5.42. The van der Waals surface area contributed by atoms with Crippen molar-refractivity contribution in [3.8, 4) is 11.4 Å². The van der Waals surface area contributed by atoms with Crippen molar-refractivity contribution in [1.82, 2.24) is 19.8 Å². The van der Waals surface area contributed by atoms with Crippen LogP contribution in [0.15, 0.2) is 79.0 Å². The maximum atomic E-state index is 11.3. The maximum absolute atomic E-state index is 11.3. The molecule has 188 valence electrons. The molecule has 9 heteroatoms. The van der Waals surface area contributed by atoms with E-state index in [0.29, 0.717) is 17.4 Å². The van der Waals surface area contributed by atoms with Crippen LogP contribution in [-0.4, -0.2) is 31.6 Å². The Labute approximate surface area is 220 Å². The van der Waals surface area contributed by atoms with Gasteiger partial charge in [-0.05, 0) is 61.5 Å². The number of pyridine rings is 1. The van der Waals surface area contributed by atoms with E-state index in [1.807, 2.05) is 43.3 Å². The van der Waals surface area contributed by atoms with Crippen molar-refractivity contribution in [2.24, 2.45) is 0 Å². The van der Waals surface area contributed by atoms with Crippen LogP contribution in [0.1, 0.15) is 40.3 Å². The summed E-state index contributed by atoms with van der Waals surface area (Å²) in [6, 6.07) is 22.7. The van der Waals surface area contributed by atoms with Crippen LogP contribution >= 0.6 is 12.2 Å². The standard InChI is InChI=1S/C28H27N5O3S/c1-18-15-22(19(2)32(18)24-13-12-21(33(34)35)16-25(24)36-3)27-26(23-11-7-8-14-29-23)30-28(37)31(27)17-20-9-5-4-6-10-20/h4-16,26-27H,17H2,1-3H3,(H,30,37)/t26-,27+/m0/s1. The SMILES string of the molecule is COc1cc([N+](=O)[O-])ccc1-n1c(C)cc([C@@H]2[C@H](c3ccccn3)NC(=S)N2Cc2ccccc2)c1C. The van der Waals surface area contributed by atoms with E-state index in [2.05, 4.69) is 44.9 Å². The van der Waals surface area contributed by atoms with Crippen molar-refractivity contribution in [3.05, 3.63) is 117 Å². The van der Waals surface area contributed by atoms with Gasteiger partial charge < -0.3 is 19.5 Å². The lowest BCUT2D eigenvalue weighted by Crippen LogP contribution is -2.29. The number of nitrogens with zero attached hydrogens (tertiary/aromatic N) is 4. The number of nitro groups is 1. The number of non-ortho nitro benzene ring substituents is 1. The number of benzene rings is 2. The first-order valence-corrected chi connectivity index (χ1v) is 12.3. The van der Waals surface area contributed by atoms with Gasteiger partial charge in [0.25, 0.3) is 5.69 Å². The Hall–Kier alpha value is -4.24. The van der Waals surface area contributed by atoms with E-state index in [-0.39, 0.29) is 17.8 Å². The molecular weight excluding hydrogens is 486 g/mol. The molecule has 8 nitrogen and oxygen atoms in total. The second-order valence-electron chi connectivity index (χ2n) is 9.02. The summed E-state index contributed by atoms with van der Waals surface area (Å²) >= 11 is 5.84. The van der Waals surface area contributed by atoms with Gasteiger partial charge in [-0.25, -0.2) is 0 Å². The van der Waals surface area contributed by atoms with Crippen molar-refractivity contribution >= 4 is 23.0 Å². The number of ether oxygens (including phenoxy) is 1. The largest absolute Gasteiger partial charge is 0.494 e. The minimum absolute atomic E-state index is 0.0159. The number of hydrogen-bond donors (Lipinski definition) is 1. The lowest BCUT2D eigenvalue weighted by atomic mass is 9.96. The van der Waals surface area contributed by atoms with E-state index in [1.54, 1.807) is 12.3 Å². The van der Waals surface area contributed by atoms with E-state index in [4.69, 9.17) is 17.0 Å². The second kappa shape index (κ2) is 10.0. The molecule has 1 saturated heterocycles. The molecule has 2 aromatic carbocycles. The maximum Gasteiger partial charge on any atom is 0.273 e. The van der Waals surface area contributed by atoms with Gasteiger partial charge in [0.15, 0.2) is 5.11 Å². The molecule has 0 saturated carbocycles. The van der Waals surface area contributed by atoms with Crippen LogP contribution in [0.25, 0.3) is 5.69 Å². The third kappa shape index (κ3) is 4.53. The number of hydrogen-bond acceptors (Lipinski definition) is 5. The van der Waals surface area contributed by atoms with Crippen LogP contribution in [0.3, 0.4) is 0 Å². The van der Waals surface area contributed by atoms with Crippen LogP contribution in [-0.2, 0) is 6.54 Å². The van der Waals surface area contributed by atoms with Crippen molar-refractivity contribution in [2.45, 2.75) is 32.5 Å². The number of nitrogens with one attached hydrogen (secondary N) is 1. The zero-order valence-corrected chi connectivity index (χ0v) is 21.6. The highest BCUT2D eigenvalue weighted by Gasteiger charge is 2.41. The van der Waals surface area contributed by atoms with Crippen molar-refractivity contribution in [3.63, 3.8) is 0 Å². The van der Waals surface area contributed by atoms with Crippen LogP contribution in [0.5, 0.6) is 5.75 Å². The minimum atomic E-state index is -0.419. The summed E-state index contributed by atoms with van der Waals surface area (Å²) in [7, 11) is 1.52. The van der Waals surface area contributed by atoms with Gasteiger partial charge in [0.05, 0.1) is 41.6 Å². The summed E-state index contributed by atoms with van der Waals surface area (Å²) in [5, 5.41) is 15.5. The molecule has 0 radical (unpaired) electrons. The first-order chi connectivity index (χ1) is 17.9. The second-order valence-corrected chi connectivity index (χ2v) is 9.40. The summed E-state index contributed by atoms with van der Waals surface area (Å²) in [5.41, 5.74) is 5.87. The molecule has 0 unspecified atom stereocenters. The molecule has 4 aromatic rings. The highest BCUT2D eigenvalue weighted by Crippen LogP contribution is 2.43. The van der Waals surface area contributed by atoms with E-state index in [0.717, 1.165) is 33.9 Å². The summed E-state index contributed by atoms with van der Waals surface area (Å²) in [6.07, 6.45) is 1.79. The van der Waals surface area contributed by atoms with Crippen LogP contribution in [0, 0.1) is 24.0 Å². The molecule has 3 heterocycles. The van der Waals surface area contributed by atoms with E-state index < -0.39 is 4.92 Å². The Kier molecular flexibility index (Phi) is 6.62. The van der Waals surface area contributed by atoms with Crippen LogP contribution in [0.4, 0.5) is 5.69 Å². The highest BCUT2D eigenvalue weighted by atomic mass is 32.1. The molecule has 5 rings (SSSR count). The average Bonchev–Trinajstić information content (AvgIpc) is 3.39. The van der Waals surface area contributed by atoms with Gasteiger partial charge in [-0.2, -0.15) is 0 Å². The van der Waals surface area contributed by atoms with Gasteiger partial charge in [-0.1, -0.05) is 36.4 Å². The topological polar surface area (TPSA) is 85.5 Å². The fourth-order valence-electron chi connectivity index (χ4n) is 5.12. The quantitative estimate of drug-likeness (QED) is 0.196. The van der Waals surface area contributed by atoms with Crippen LogP contribution < -0.4 is 10.1 Å². The third-order valence-corrected chi connectivity index (χ3v) is 7.15. The molecule has 0 amide bonds. The number of nitro benzene ring substituents is 1. The highest BCUT2D eigenvalue weighted by molar-refractivity contribution is 7.80. The summed E-state index contributed by atoms with van der Waals surface area (Å²) in [4.78, 5) is 17.8.